The molecule has 0 unspecified atom stereocenters. The highest BCUT2D eigenvalue weighted by atomic mass is 32.1. The van der Waals surface area contributed by atoms with Crippen LogP contribution in [0.15, 0.2) is 58.9 Å². The number of ether oxygens (including phenoxy) is 2. The molecule has 0 aliphatic carbocycles. The zero-order valence-electron chi connectivity index (χ0n) is 17.3. The Hall–Kier alpha value is -4.27. The number of hydrogen-bond acceptors (Lipinski definition) is 7. The molecule has 0 saturated heterocycles. The van der Waals surface area contributed by atoms with Crippen LogP contribution in [0.5, 0.6) is 11.5 Å². The van der Waals surface area contributed by atoms with Gasteiger partial charge in [0.2, 0.25) is 0 Å². The van der Waals surface area contributed by atoms with Gasteiger partial charge < -0.3 is 15.2 Å². The van der Waals surface area contributed by atoms with Crippen LogP contribution in [0.2, 0.25) is 0 Å². The number of aromatic nitrogens is 1. The molecule has 158 valence electrons. The zero-order valence-corrected chi connectivity index (χ0v) is 18.1. The van der Waals surface area contributed by atoms with Gasteiger partial charge in [-0.2, -0.15) is 10.5 Å². The minimum atomic E-state index is -0.664. The van der Waals surface area contributed by atoms with Crippen molar-refractivity contribution in [3.8, 4) is 23.6 Å². The van der Waals surface area contributed by atoms with Crippen LogP contribution in [-0.2, 0) is 0 Å². The Morgan fingerprint density at radius 3 is 2.06 bits per heavy atom. The maximum absolute atomic E-state index is 13.2. The summed E-state index contributed by atoms with van der Waals surface area (Å²) >= 11 is 1.18. The van der Waals surface area contributed by atoms with Gasteiger partial charge in [-0.05, 0) is 41.5 Å². The lowest BCUT2D eigenvalue weighted by molar-refractivity contribution is 0.414. The van der Waals surface area contributed by atoms with Gasteiger partial charge in [-0.15, -0.1) is 11.3 Å². The van der Waals surface area contributed by atoms with Crippen LogP contribution in [0.25, 0.3) is 17.5 Å². The molecular formula is C24H18N4O3S. The van der Waals surface area contributed by atoms with E-state index in [0.717, 1.165) is 11.1 Å². The van der Waals surface area contributed by atoms with Crippen molar-refractivity contribution in [1.29, 1.82) is 10.5 Å². The quantitative estimate of drug-likeness (QED) is 0.660. The van der Waals surface area contributed by atoms with E-state index in [-0.39, 0.29) is 17.0 Å². The van der Waals surface area contributed by atoms with Gasteiger partial charge >= 0.3 is 0 Å². The van der Waals surface area contributed by atoms with Gasteiger partial charge in [-0.25, -0.2) is 0 Å². The lowest BCUT2D eigenvalue weighted by atomic mass is 9.84. The van der Waals surface area contributed by atoms with Crippen molar-refractivity contribution in [3.63, 3.8) is 0 Å². The first-order valence-electron chi connectivity index (χ1n) is 9.58. The predicted octanol–water partition coefficient (Wildman–Crippen LogP) is 1.88. The second-order valence-corrected chi connectivity index (χ2v) is 8.00. The molecule has 0 saturated carbocycles. The topological polar surface area (TPSA) is 114 Å². The molecule has 0 spiro atoms. The Labute approximate surface area is 187 Å². The second-order valence-electron chi connectivity index (χ2n) is 6.97. The predicted molar refractivity (Wildman–Crippen MR) is 122 cm³/mol. The summed E-state index contributed by atoms with van der Waals surface area (Å²) in [6, 6.07) is 18.7. The molecule has 1 atom stereocenters. The molecule has 2 N–H and O–H groups in total. The third-order valence-electron chi connectivity index (χ3n) is 5.25. The van der Waals surface area contributed by atoms with Crippen LogP contribution in [0, 0.1) is 22.7 Å². The van der Waals surface area contributed by atoms with E-state index in [1.165, 1.54) is 15.9 Å². The molecule has 0 radical (unpaired) electrons. The first kappa shape index (κ1) is 21.0. The fraction of sp³-hybridized carbons (Fsp3) is 0.125. The van der Waals surface area contributed by atoms with Gasteiger partial charge in [0.1, 0.15) is 22.0 Å². The minimum absolute atomic E-state index is 0.0398. The average molecular weight is 443 g/mol. The molecule has 1 aliphatic heterocycles. The Balaban J connectivity index is 1.97. The van der Waals surface area contributed by atoms with Crippen molar-refractivity contribution in [3.05, 3.63) is 84.8 Å². The van der Waals surface area contributed by atoms with Crippen LogP contribution < -0.4 is 30.0 Å². The van der Waals surface area contributed by atoms with Crippen molar-refractivity contribution in [2.24, 2.45) is 5.73 Å². The van der Waals surface area contributed by atoms with Crippen LogP contribution in [0.3, 0.4) is 0 Å². The molecule has 0 bridgehead atoms. The molecule has 1 aliphatic rings. The van der Waals surface area contributed by atoms with Gasteiger partial charge in [-0.3, -0.25) is 9.36 Å². The number of methoxy groups -OCH3 is 2. The van der Waals surface area contributed by atoms with E-state index in [1.807, 2.05) is 12.1 Å². The monoisotopic (exact) mass is 442 g/mol. The summed E-state index contributed by atoms with van der Waals surface area (Å²) in [5.41, 5.74) is 7.91. The summed E-state index contributed by atoms with van der Waals surface area (Å²) in [5.74, 6) is 0.737. The number of benzene rings is 2. The van der Waals surface area contributed by atoms with E-state index in [0.29, 0.717) is 26.3 Å². The lowest BCUT2D eigenvalue weighted by Gasteiger charge is -2.22. The highest BCUT2D eigenvalue weighted by Gasteiger charge is 2.32. The number of rotatable bonds is 4. The standard InChI is InChI=1S/C24H18N4O3S/c1-30-16-7-3-14(4-8-16)11-20-23(29)28-22(27)18(12-25)21(19(13-26)24(28)32-20)15-5-9-17(31-2)10-6-15/h3-11,21H,27H2,1-2H3/b20-11-/t21-/m0/s1. The Morgan fingerprint density at radius 2 is 1.53 bits per heavy atom. The fourth-order valence-electron chi connectivity index (χ4n) is 3.63. The summed E-state index contributed by atoms with van der Waals surface area (Å²) in [5, 5.41) is 19.8. The summed E-state index contributed by atoms with van der Waals surface area (Å²) in [6.07, 6.45) is 1.73. The average Bonchev–Trinajstić information content (AvgIpc) is 3.15. The molecule has 2 heterocycles. The van der Waals surface area contributed by atoms with E-state index in [1.54, 1.807) is 56.7 Å². The first-order chi connectivity index (χ1) is 15.5. The van der Waals surface area contributed by atoms with Crippen molar-refractivity contribution in [2.75, 3.05) is 14.2 Å². The smallest absolute Gasteiger partial charge is 0.274 e. The third-order valence-corrected chi connectivity index (χ3v) is 6.36. The van der Waals surface area contributed by atoms with Gasteiger partial charge in [0.05, 0.1) is 48.0 Å². The molecule has 0 fully saturated rings. The molecule has 1 aromatic heterocycles. The van der Waals surface area contributed by atoms with Crippen molar-refractivity contribution in [2.45, 2.75) is 5.92 Å². The van der Waals surface area contributed by atoms with Gasteiger partial charge in [0.25, 0.3) is 5.56 Å². The number of nitrogens with two attached hydrogens (primary N) is 1. The van der Waals surface area contributed by atoms with E-state index >= 15 is 0 Å². The van der Waals surface area contributed by atoms with Gasteiger partial charge in [0, 0.05) is 0 Å². The number of nitrogens with zero attached hydrogens (tertiary/aromatic N) is 3. The number of fused-ring (bicyclic) bond motifs is 1. The minimum Gasteiger partial charge on any atom is -0.497 e. The molecule has 7 nitrogen and oxygen atoms in total. The second kappa shape index (κ2) is 8.46. The van der Waals surface area contributed by atoms with Gasteiger partial charge in [-0.1, -0.05) is 24.3 Å². The normalized spacial score (nSPS) is 15.7. The molecular weight excluding hydrogens is 424 g/mol. The van der Waals surface area contributed by atoms with Crippen LogP contribution in [0.4, 0.5) is 0 Å². The summed E-state index contributed by atoms with van der Waals surface area (Å²) in [4.78, 5) is 13.2. The summed E-state index contributed by atoms with van der Waals surface area (Å²) < 4.78 is 12.5. The highest BCUT2D eigenvalue weighted by Crippen LogP contribution is 2.36. The number of hydrogen-bond donors (Lipinski definition) is 1. The zero-order chi connectivity index (χ0) is 22.8. The van der Waals surface area contributed by atoms with Crippen molar-refractivity contribution < 1.29 is 9.47 Å². The SMILES string of the molecule is COc1ccc(/C=c2\sc3n(c2=O)C(N)=C(C#N)[C@H](c2ccc(OC)cc2)C=3C#N)cc1. The fourth-order valence-corrected chi connectivity index (χ4v) is 4.76. The van der Waals surface area contributed by atoms with Crippen molar-refractivity contribution in [1.82, 2.24) is 4.57 Å². The lowest BCUT2D eigenvalue weighted by Crippen LogP contribution is -2.38. The largest absolute Gasteiger partial charge is 0.497 e. The van der Waals surface area contributed by atoms with Crippen LogP contribution in [-0.4, -0.2) is 18.8 Å². The Bertz CT molecular complexity index is 1480. The van der Waals surface area contributed by atoms with Crippen LogP contribution >= 0.6 is 11.3 Å². The number of allylic oxidation sites excluding steroid dienone is 1. The van der Waals surface area contributed by atoms with Crippen LogP contribution in [0.1, 0.15) is 17.0 Å². The molecule has 3 aromatic rings. The van der Waals surface area contributed by atoms with E-state index in [9.17, 15) is 15.3 Å². The molecule has 32 heavy (non-hydrogen) atoms. The van der Waals surface area contributed by atoms with E-state index in [4.69, 9.17) is 15.2 Å². The number of thiazole rings is 1. The maximum atomic E-state index is 13.2. The third kappa shape index (κ3) is 3.43. The van der Waals surface area contributed by atoms with E-state index < -0.39 is 5.92 Å². The number of nitriles is 2. The Kier molecular flexibility index (Phi) is 5.55. The Morgan fingerprint density at radius 1 is 0.969 bits per heavy atom. The van der Waals surface area contributed by atoms with Crippen molar-refractivity contribution >= 4 is 28.8 Å². The first-order valence-corrected chi connectivity index (χ1v) is 10.4. The summed E-state index contributed by atoms with van der Waals surface area (Å²) in [6.45, 7) is 0. The van der Waals surface area contributed by atoms with E-state index in [2.05, 4.69) is 12.1 Å². The summed E-state index contributed by atoms with van der Waals surface area (Å²) in [7, 11) is 3.14. The van der Waals surface area contributed by atoms with Gasteiger partial charge in [0.15, 0.2) is 0 Å². The molecule has 2 aromatic carbocycles. The molecule has 0 amide bonds. The highest BCUT2D eigenvalue weighted by molar-refractivity contribution is 7.07. The molecule has 4 rings (SSSR count). The maximum Gasteiger partial charge on any atom is 0.274 e. The molecule has 8 heteroatoms.